The number of nitrogens with zero attached hydrogens (tertiary/aromatic N) is 1. The van der Waals surface area contributed by atoms with E-state index in [-0.39, 0.29) is 17.4 Å². The average molecular weight is 372 g/mol. The molecule has 27 heavy (non-hydrogen) atoms. The second-order valence-electron chi connectivity index (χ2n) is 7.07. The number of carbonyl (C=O) groups excluding carboxylic acids is 1. The van der Waals surface area contributed by atoms with Crippen molar-refractivity contribution in [2.75, 3.05) is 26.2 Å². The topological polar surface area (TPSA) is 101 Å². The van der Waals surface area contributed by atoms with Crippen molar-refractivity contribution in [3.63, 3.8) is 0 Å². The number of hydroxylamine groups is 1. The van der Waals surface area contributed by atoms with Gasteiger partial charge >= 0.3 is 5.97 Å². The van der Waals surface area contributed by atoms with Crippen LogP contribution in [-0.2, 0) is 14.4 Å². The second-order valence-corrected chi connectivity index (χ2v) is 7.07. The molecule has 0 atom stereocenters. The lowest BCUT2D eigenvalue weighted by molar-refractivity contribution is -0.143. The van der Waals surface area contributed by atoms with Crippen LogP contribution in [0.3, 0.4) is 0 Å². The summed E-state index contributed by atoms with van der Waals surface area (Å²) in [5, 5.41) is 7.47. The molecule has 0 aromatic heterocycles. The van der Waals surface area contributed by atoms with Crippen molar-refractivity contribution in [2.24, 2.45) is 5.73 Å². The number of hydrogen-bond donors (Lipinski definition) is 3. The number of hydrogen-bond acceptors (Lipinski definition) is 6. The number of nitrogens with two attached hydrogens (primary N) is 1. The van der Waals surface area contributed by atoms with E-state index in [4.69, 9.17) is 20.7 Å². The van der Waals surface area contributed by atoms with Crippen molar-refractivity contribution in [3.8, 4) is 0 Å². The maximum absolute atomic E-state index is 11.4. The third kappa shape index (κ3) is 4.87. The van der Waals surface area contributed by atoms with E-state index < -0.39 is 0 Å². The number of esters is 1. The zero-order valence-electron chi connectivity index (χ0n) is 15.8. The molecule has 7 heteroatoms. The molecule has 1 aromatic rings. The van der Waals surface area contributed by atoms with Gasteiger partial charge in [-0.15, -0.1) is 0 Å². The SMILES string of the molecule is CCOC(=O)CCCN1CCC2(C=C(c3ccc(C(=N)N)cc3)NO2)CC1. The number of benzene rings is 1. The maximum atomic E-state index is 11.4. The minimum Gasteiger partial charge on any atom is -0.466 e. The molecular weight excluding hydrogens is 344 g/mol. The Morgan fingerprint density at radius 2 is 2.04 bits per heavy atom. The molecule has 7 nitrogen and oxygen atoms in total. The predicted octanol–water partition coefficient (Wildman–Crippen LogP) is 2.02. The lowest BCUT2D eigenvalue weighted by atomic mass is 9.90. The van der Waals surface area contributed by atoms with Gasteiger partial charge in [0.05, 0.1) is 12.3 Å². The Kier molecular flexibility index (Phi) is 6.13. The Balaban J connectivity index is 1.51. The molecule has 0 bridgehead atoms. The van der Waals surface area contributed by atoms with E-state index >= 15 is 0 Å². The highest BCUT2D eigenvalue weighted by molar-refractivity contribution is 5.95. The lowest BCUT2D eigenvalue weighted by Crippen LogP contribution is -2.44. The molecule has 3 rings (SSSR count). The predicted molar refractivity (Wildman–Crippen MR) is 104 cm³/mol. The third-order valence-electron chi connectivity index (χ3n) is 5.14. The van der Waals surface area contributed by atoms with E-state index in [2.05, 4.69) is 16.5 Å². The van der Waals surface area contributed by atoms with Gasteiger partial charge in [-0.2, -0.15) is 0 Å². The Morgan fingerprint density at radius 1 is 1.33 bits per heavy atom. The Morgan fingerprint density at radius 3 is 2.67 bits per heavy atom. The van der Waals surface area contributed by atoms with E-state index in [1.807, 2.05) is 31.2 Å². The monoisotopic (exact) mass is 372 g/mol. The molecule has 0 radical (unpaired) electrons. The first-order valence-electron chi connectivity index (χ1n) is 9.51. The quantitative estimate of drug-likeness (QED) is 0.385. The van der Waals surface area contributed by atoms with Gasteiger partial charge in [-0.1, -0.05) is 24.3 Å². The number of nitrogen functional groups attached to an aromatic ring is 1. The summed E-state index contributed by atoms with van der Waals surface area (Å²) in [6.07, 6.45) is 5.30. The molecule has 1 spiro atoms. The van der Waals surface area contributed by atoms with Gasteiger partial charge in [-0.3, -0.25) is 20.5 Å². The minimum absolute atomic E-state index is 0.0676. The smallest absolute Gasteiger partial charge is 0.305 e. The molecule has 1 aromatic carbocycles. The van der Waals surface area contributed by atoms with E-state index in [1.165, 1.54) is 0 Å². The van der Waals surface area contributed by atoms with Crippen LogP contribution < -0.4 is 11.2 Å². The first kappa shape index (κ1) is 19.4. The van der Waals surface area contributed by atoms with Crippen molar-refractivity contribution in [1.29, 1.82) is 5.41 Å². The number of nitrogens with one attached hydrogen (secondary N) is 2. The Bertz CT molecular complexity index is 706. The summed E-state index contributed by atoms with van der Waals surface area (Å²) >= 11 is 0. The van der Waals surface area contributed by atoms with Gasteiger partial charge in [0.2, 0.25) is 0 Å². The summed E-state index contributed by atoms with van der Waals surface area (Å²) in [6, 6.07) is 7.58. The van der Waals surface area contributed by atoms with Crippen LogP contribution in [0.1, 0.15) is 43.7 Å². The van der Waals surface area contributed by atoms with Crippen molar-refractivity contribution >= 4 is 17.5 Å². The van der Waals surface area contributed by atoms with Gasteiger partial charge in [-0.25, -0.2) is 0 Å². The number of rotatable bonds is 7. The summed E-state index contributed by atoms with van der Waals surface area (Å²) in [4.78, 5) is 19.7. The molecule has 0 saturated carbocycles. The van der Waals surface area contributed by atoms with E-state index in [0.717, 1.165) is 50.2 Å². The molecule has 4 N–H and O–H groups in total. The van der Waals surface area contributed by atoms with E-state index in [1.54, 1.807) is 0 Å². The normalized spacial score (nSPS) is 18.8. The van der Waals surface area contributed by atoms with Crippen LogP contribution in [0.25, 0.3) is 5.70 Å². The Labute approximate surface area is 160 Å². The van der Waals surface area contributed by atoms with Crippen LogP contribution in [0.5, 0.6) is 0 Å². The van der Waals surface area contributed by atoms with Crippen LogP contribution >= 0.6 is 0 Å². The fraction of sp³-hybridized carbons (Fsp3) is 0.500. The van der Waals surface area contributed by atoms with Crippen LogP contribution in [-0.4, -0.2) is 48.5 Å². The van der Waals surface area contributed by atoms with E-state index in [0.29, 0.717) is 18.6 Å². The number of piperidine rings is 1. The van der Waals surface area contributed by atoms with Gasteiger partial charge in [0, 0.05) is 25.1 Å². The van der Waals surface area contributed by atoms with Crippen LogP contribution in [0, 0.1) is 5.41 Å². The number of likely N-dealkylation sites (tertiary alicyclic amines) is 1. The average Bonchev–Trinajstić information content (AvgIpc) is 3.08. The fourth-order valence-electron chi connectivity index (χ4n) is 3.53. The number of ether oxygens (including phenoxy) is 1. The van der Waals surface area contributed by atoms with Gasteiger partial charge in [0.15, 0.2) is 0 Å². The van der Waals surface area contributed by atoms with E-state index in [9.17, 15) is 4.79 Å². The van der Waals surface area contributed by atoms with Crippen LogP contribution in [0.2, 0.25) is 0 Å². The zero-order valence-corrected chi connectivity index (χ0v) is 15.8. The molecular formula is C20H28N4O3. The third-order valence-corrected chi connectivity index (χ3v) is 5.14. The van der Waals surface area contributed by atoms with Crippen molar-refractivity contribution in [1.82, 2.24) is 10.4 Å². The van der Waals surface area contributed by atoms with Gasteiger partial charge < -0.3 is 15.4 Å². The summed E-state index contributed by atoms with van der Waals surface area (Å²) in [5.74, 6) is -0.0457. The van der Waals surface area contributed by atoms with Crippen molar-refractivity contribution < 1.29 is 14.4 Å². The minimum atomic E-state index is -0.272. The maximum Gasteiger partial charge on any atom is 0.305 e. The first-order valence-corrected chi connectivity index (χ1v) is 9.51. The van der Waals surface area contributed by atoms with Gasteiger partial charge in [0.1, 0.15) is 11.4 Å². The molecule has 2 aliphatic rings. The van der Waals surface area contributed by atoms with Gasteiger partial charge in [0.25, 0.3) is 0 Å². The largest absolute Gasteiger partial charge is 0.466 e. The summed E-state index contributed by atoms with van der Waals surface area (Å²) in [5.41, 5.74) is 11.0. The molecule has 146 valence electrons. The van der Waals surface area contributed by atoms with Crippen molar-refractivity contribution in [2.45, 2.75) is 38.2 Å². The molecule has 1 fully saturated rings. The molecule has 0 unspecified atom stereocenters. The Hall–Kier alpha value is -2.38. The number of amidine groups is 1. The summed E-state index contributed by atoms with van der Waals surface area (Å²) in [6.45, 7) is 5.07. The van der Waals surface area contributed by atoms with Crippen molar-refractivity contribution in [3.05, 3.63) is 41.5 Å². The highest BCUT2D eigenvalue weighted by atomic mass is 16.7. The molecule has 2 heterocycles. The standard InChI is InChI=1S/C20H28N4O3/c1-2-26-18(25)4-3-11-24-12-9-20(10-13-24)14-17(23-27-20)15-5-7-16(8-6-15)19(21)22/h5-8,14,23H,2-4,9-13H2,1H3,(H3,21,22). The van der Waals surface area contributed by atoms with Gasteiger partial charge in [-0.05, 0) is 44.4 Å². The highest BCUT2D eigenvalue weighted by Gasteiger charge is 2.38. The zero-order chi connectivity index (χ0) is 19.3. The first-order chi connectivity index (χ1) is 13.0. The fourth-order valence-corrected chi connectivity index (χ4v) is 3.53. The number of carbonyl (C=O) groups is 1. The molecule has 0 aliphatic carbocycles. The highest BCUT2D eigenvalue weighted by Crippen LogP contribution is 2.34. The summed E-state index contributed by atoms with van der Waals surface area (Å²) in [7, 11) is 0. The van der Waals surface area contributed by atoms with Crippen LogP contribution in [0.15, 0.2) is 30.3 Å². The lowest BCUT2D eigenvalue weighted by Gasteiger charge is -2.36. The summed E-state index contributed by atoms with van der Waals surface area (Å²) < 4.78 is 4.97. The molecule has 1 saturated heterocycles. The second kappa shape index (κ2) is 8.54. The molecule has 2 aliphatic heterocycles. The van der Waals surface area contributed by atoms with Crippen LogP contribution in [0.4, 0.5) is 0 Å². The molecule has 0 amide bonds.